The minimum atomic E-state index is -1.81. The van der Waals surface area contributed by atoms with Gasteiger partial charge in [0.1, 0.15) is 31.8 Å². The van der Waals surface area contributed by atoms with E-state index in [9.17, 15) is 53.4 Å². The molecular weight excluding hydrogens is 844 g/mol. The number of benzene rings is 2. The van der Waals surface area contributed by atoms with Gasteiger partial charge in [-0.2, -0.15) is 0 Å². The van der Waals surface area contributed by atoms with Gasteiger partial charge in [-0.1, -0.05) is 42.5 Å². The topological polar surface area (TPSA) is 347 Å². The Morgan fingerprint density at radius 1 is 0.844 bits per heavy atom. The summed E-state index contributed by atoms with van der Waals surface area (Å²) in [5.74, 6) is -8.63. The van der Waals surface area contributed by atoms with Crippen molar-refractivity contribution >= 4 is 70.3 Å². The number of aliphatic carboxylic acids is 2. The van der Waals surface area contributed by atoms with Crippen LogP contribution in [0.25, 0.3) is 22.1 Å². The molecule has 4 amide bonds. The molecule has 1 aromatic heterocycles. The number of quaternary nitrogens is 1. The number of hydrogen-bond acceptors (Lipinski definition) is 14. The van der Waals surface area contributed by atoms with Gasteiger partial charge < -0.3 is 61.6 Å². The Morgan fingerprint density at radius 2 is 1.55 bits per heavy atom. The average molecular weight is 896 g/mol. The predicted molar refractivity (Wildman–Crippen MR) is 226 cm³/mol. The molecule has 1 aliphatic rings. The monoisotopic (exact) mass is 895 g/mol. The number of carbonyl (C=O) groups is 8. The molecule has 4 rings (SSSR count). The summed E-state index contributed by atoms with van der Waals surface area (Å²) < 4.78 is 22.2. The zero-order valence-electron chi connectivity index (χ0n) is 34.9. The summed E-state index contributed by atoms with van der Waals surface area (Å²) in [6, 6.07) is 11.2. The maximum absolute atomic E-state index is 13.4. The molecule has 1 saturated heterocycles. The molecule has 23 heteroatoms. The second-order valence-electron chi connectivity index (χ2n) is 14.6. The number of ether oxygens (including phenoxy) is 3. The summed E-state index contributed by atoms with van der Waals surface area (Å²) in [6.45, 7) is 0.389. The van der Waals surface area contributed by atoms with Crippen molar-refractivity contribution in [3.05, 3.63) is 64.8 Å². The van der Waals surface area contributed by atoms with Crippen molar-refractivity contribution < 1.29 is 67.2 Å². The molecule has 2 aromatic carbocycles. The molecule has 23 nitrogen and oxygen atoms in total. The molecule has 1 fully saturated rings. The van der Waals surface area contributed by atoms with Crippen molar-refractivity contribution in [2.45, 2.75) is 57.2 Å². The summed E-state index contributed by atoms with van der Waals surface area (Å²) >= 11 is 0. The molecule has 3 atom stereocenters. The average Bonchev–Trinajstić information content (AvgIpc) is 3.26. The molecule has 0 aliphatic carbocycles. The van der Waals surface area contributed by atoms with E-state index in [0.29, 0.717) is 29.6 Å². The van der Waals surface area contributed by atoms with Crippen LogP contribution in [0.1, 0.15) is 39.0 Å². The molecule has 2 heterocycles. The third kappa shape index (κ3) is 14.9. The van der Waals surface area contributed by atoms with Crippen molar-refractivity contribution in [2.24, 2.45) is 16.5 Å². The van der Waals surface area contributed by atoms with Crippen LogP contribution in [0.15, 0.2) is 68.8 Å². The number of fused-ring (bicyclic) bond motifs is 1. The molecule has 0 saturated carbocycles. The highest BCUT2D eigenvalue weighted by Crippen LogP contribution is 2.33. The first-order valence-corrected chi connectivity index (χ1v) is 20.0. The summed E-state index contributed by atoms with van der Waals surface area (Å²) in [4.78, 5) is 116. The van der Waals surface area contributed by atoms with E-state index in [0.717, 1.165) is 12.5 Å². The van der Waals surface area contributed by atoms with Gasteiger partial charge in [-0.3, -0.25) is 43.3 Å². The first kappa shape index (κ1) is 49.3. The molecule has 3 aromatic rings. The molecule has 3 unspecified atom stereocenters. The number of aliphatic imine (C=N–C) groups is 1. The van der Waals surface area contributed by atoms with Gasteiger partial charge in [0, 0.05) is 25.5 Å². The quantitative estimate of drug-likeness (QED) is 0.0183. The van der Waals surface area contributed by atoms with Crippen LogP contribution in [-0.4, -0.2) is 135 Å². The smallest absolute Gasteiger partial charge is 0.329 e. The van der Waals surface area contributed by atoms with Crippen LogP contribution < -0.4 is 42.6 Å². The first-order chi connectivity index (χ1) is 30.5. The van der Waals surface area contributed by atoms with Crippen molar-refractivity contribution in [2.75, 3.05) is 52.7 Å². The van der Waals surface area contributed by atoms with Crippen LogP contribution in [0.2, 0.25) is 0 Å². The standard InChI is InChI=1S/C41H50N8O15/c1-24(50)62-22-30(40(59)60)48-39(58)29(19-35(54)55)47-33(53)21-45-38(57)28(11-6-14-44-41(42)43)46-32(52)12-13-36(56)63-23-49(15-17-61-18-16-49)34-20-31(51)27-10-5-9-26(37(27)64-34)25-7-3-2-4-8-25/h2-5,7-10,20,28-30H,6,11-19,21-23H2,1H3,(H9-,42,43,44,45,46,47,48,52,53,54,55,57,58,59,60)/p+1. The van der Waals surface area contributed by atoms with E-state index in [1.807, 2.05) is 41.7 Å². The number of amides is 4. The van der Waals surface area contributed by atoms with E-state index in [-0.39, 0.29) is 61.1 Å². The van der Waals surface area contributed by atoms with Crippen molar-refractivity contribution in [1.82, 2.24) is 25.8 Å². The number of nitrogens with zero attached hydrogens (tertiary/aromatic N) is 2. The minimum absolute atomic E-state index is 0.0472. The van der Waals surface area contributed by atoms with Gasteiger partial charge in [0.05, 0.1) is 44.1 Å². The second kappa shape index (κ2) is 23.7. The van der Waals surface area contributed by atoms with Crippen LogP contribution in [-0.2, 0) is 52.6 Å². The highest BCUT2D eigenvalue weighted by Gasteiger charge is 2.38. The summed E-state index contributed by atoms with van der Waals surface area (Å²) in [5, 5.41) is 27.9. The van der Waals surface area contributed by atoms with Crippen molar-refractivity contribution in [3.8, 4) is 11.1 Å². The first-order valence-electron chi connectivity index (χ1n) is 20.0. The van der Waals surface area contributed by atoms with Crippen LogP contribution in [0.4, 0.5) is 5.88 Å². The van der Waals surface area contributed by atoms with Gasteiger partial charge >= 0.3 is 29.8 Å². The highest BCUT2D eigenvalue weighted by atomic mass is 16.6. The van der Waals surface area contributed by atoms with Crippen LogP contribution in [0.3, 0.4) is 0 Å². The van der Waals surface area contributed by atoms with Gasteiger partial charge in [0.2, 0.25) is 30.4 Å². The number of guanidine groups is 1. The van der Waals surface area contributed by atoms with E-state index in [1.165, 1.54) is 6.07 Å². The number of rotatable bonds is 23. The van der Waals surface area contributed by atoms with E-state index in [2.05, 4.69) is 25.7 Å². The zero-order valence-corrected chi connectivity index (χ0v) is 34.9. The lowest BCUT2D eigenvalue weighted by atomic mass is 10.0. The Hall–Kier alpha value is -7.40. The fourth-order valence-electron chi connectivity index (χ4n) is 6.44. The molecular formula is C41H51N8O15+. The Balaban J connectivity index is 1.38. The number of nitrogens with two attached hydrogens (primary N) is 2. The fraction of sp³-hybridized carbons (Fsp3) is 0.415. The number of carbonyl (C=O) groups excluding carboxylic acids is 6. The number of hydrogen-bond donors (Lipinski definition) is 8. The minimum Gasteiger partial charge on any atom is -0.481 e. The maximum atomic E-state index is 13.4. The van der Waals surface area contributed by atoms with Gasteiger partial charge in [-0.15, -0.1) is 0 Å². The normalized spacial score (nSPS) is 14.4. The third-order valence-corrected chi connectivity index (χ3v) is 9.77. The van der Waals surface area contributed by atoms with Crippen molar-refractivity contribution in [1.29, 1.82) is 0 Å². The Labute approximate surface area is 365 Å². The number of esters is 2. The lowest BCUT2D eigenvalue weighted by Crippen LogP contribution is -2.58. The highest BCUT2D eigenvalue weighted by molar-refractivity contribution is 5.95. The summed E-state index contributed by atoms with van der Waals surface area (Å²) in [5.41, 5.74) is 12.4. The van der Waals surface area contributed by atoms with Gasteiger partial charge in [-0.05, 0) is 24.5 Å². The number of carboxylic acid groups (broad SMARTS) is 2. The molecule has 344 valence electrons. The lowest BCUT2D eigenvalue weighted by molar-refractivity contribution is -0.151. The van der Waals surface area contributed by atoms with E-state index >= 15 is 0 Å². The summed E-state index contributed by atoms with van der Waals surface area (Å²) in [6.07, 6.45) is -1.70. The Bertz CT molecular complexity index is 2270. The third-order valence-electron chi connectivity index (χ3n) is 9.77. The number of morpholine rings is 1. The molecule has 0 bridgehead atoms. The molecule has 64 heavy (non-hydrogen) atoms. The molecule has 0 radical (unpaired) electrons. The number of para-hydroxylation sites is 1. The van der Waals surface area contributed by atoms with Gasteiger partial charge in [0.15, 0.2) is 23.0 Å². The molecule has 10 N–H and O–H groups in total. The largest absolute Gasteiger partial charge is 0.481 e. The predicted octanol–water partition coefficient (Wildman–Crippen LogP) is -1.17. The lowest BCUT2D eigenvalue weighted by Gasteiger charge is -2.37. The number of carboxylic acids is 2. The van der Waals surface area contributed by atoms with Gasteiger partial charge in [-0.25, -0.2) is 9.28 Å². The molecule has 1 aliphatic heterocycles. The van der Waals surface area contributed by atoms with Crippen LogP contribution >= 0.6 is 0 Å². The Morgan fingerprint density at radius 3 is 2.20 bits per heavy atom. The molecule has 0 spiro atoms. The Kier molecular flexibility index (Phi) is 18.3. The van der Waals surface area contributed by atoms with E-state index in [4.69, 9.17) is 25.4 Å². The summed E-state index contributed by atoms with van der Waals surface area (Å²) in [7, 11) is 0. The number of nitrogens with one attached hydrogen (secondary N) is 4. The van der Waals surface area contributed by atoms with Crippen molar-refractivity contribution in [3.63, 3.8) is 0 Å². The van der Waals surface area contributed by atoms with Gasteiger partial charge in [0.25, 0.3) is 0 Å². The van der Waals surface area contributed by atoms with Crippen LogP contribution in [0.5, 0.6) is 0 Å². The van der Waals surface area contributed by atoms with Crippen LogP contribution in [0, 0.1) is 0 Å². The van der Waals surface area contributed by atoms with E-state index in [1.54, 1.807) is 12.1 Å². The second-order valence-corrected chi connectivity index (χ2v) is 14.6. The maximum Gasteiger partial charge on any atom is 0.329 e. The van der Waals surface area contributed by atoms with E-state index < -0.39 is 98.0 Å². The zero-order chi connectivity index (χ0) is 46.8. The fourth-order valence-corrected chi connectivity index (χ4v) is 6.44. The SMILES string of the molecule is CC(=O)OCC(NC(=O)C(CC(=O)O)NC(=O)CNC(=O)C(CCCN=C(N)N)NC(=O)CCC(=O)OC[N+]1(c2cc(=O)c3cccc(-c4ccccc4)c3o2)CCOCC1)C(=O)O.